The highest BCUT2D eigenvalue weighted by molar-refractivity contribution is 5.32. The Labute approximate surface area is 126 Å². The number of hydrogen-bond donors (Lipinski definition) is 1. The number of benzene rings is 1. The second-order valence-electron chi connectivity index (χ2n) is 5.33. The first-order valence-electron chi connectivity index (χ1n) is 7.21. The first-order chi connectivity index (χ1) is 10.6. The second kappa shape index (κ2) is 6.14. The highest BCUT2D eigenvalue weighted by atomic mass is 19.4. The van der Waals surface area contributed by atoms with Crippen molar-refractivity contribution in [2.75, 3.05) is 26.2 Å². The molecule has 2 heterocycles. The standard InChI is InChI=1S/C16H17F3N2O/c17-16(18,19)13-4-1-3-12(11-13)15(14-5-2-10-22-14)21-8-6-20-7-9-21/h1-5,10-11,15,20H,6-9H2/t15-/m0/s1. The van der Waals surface area contributed by atoms with Crippen LogP contribution in [0.5, 0.6) is 0 Å². The predicted molar refractivity (Wildman–Crippen MR) is 76.4 cm³/mol. The summed E-state index contributed by atoms with van der Waals surface area (Å²) >= 11 is 0. The number of halogens is 3. The lowest BCUT2D eigenvalue weighted by atomic mass is 9.99. The summed E-state index contributed by atoms with van der Waals surface area (Å²) in [5, 5.41) is 3.25. The molecule has 1 atom stereocenters. The van der Waals surface area contributed by atoms with Gasteiger partial charge in [-0.25, -0.2) is 0 Å². The number of nitrogens with zero attached hydrogens (tertiary/aromatic N) is 1. The maximum absolute atomic E-state index is 13.0. The second-order valence-corrected chi connectivity index (χ2v) is 5.33. The van der Waals surface area contributed by atoms with Crippen LogP contribution in [0, 0.1) is 0 Å². The van der Waals surface area contributed by atoms with Crippen LogP contribution in [-0.4, -0.2) is 31.1 Å². The Morgan fingerprint density at radius 3 is 2.50 bits per heavy atom. The molecule has 1 aromatic heterocycles. The van der Waals surface area contributed by atoms with E-state index in [-0.39, 0.29) is 6.04 Å². The van der Waals surface area contributed by atoms with Crippen molar-refractivity contribution in [3.8, 4) is 0 Å². The van der Waals surface area contributed by atoms with Crippen molar-refractivity contribution < 1.29 is 17.6 Å². The third-order valence-corrected chi connectivity index (χ3v) is 3.86. The first kappa shape index (κ1) is 15.1. The van der Waals surface area contributed by atoms with Crippen molar-refractivity contribution >= 4 is 0 Å². The zero-order chi connectivity index (χ0) is 15.6. The van der Waals surface area contributed by atoms with Crippen LogP contribution in [0.15, 0.2) is 47.1 Å². The molecule has 1 aliphatic heterocycles. The monoisotopic (exact) mass is 310 g/mol. The third-order valence-electron chi connectivity index (χ3n) is 3.86. The molecule has 0 unspecified atom stereocenters. The van der Waals surface area contributed by atoms with Gasteiger partial charge in [0.2, 0.25) is 0 Å². The largest absolute Gasteiger partial charge is 0.467 e. The van der Waals surface area contributed by atoms with Gasteiger partial charge in [-0.3, -0.25) is 4.90 Å². The molecule has 0 amide bonds. The van der Waals surface area contributed by atoms with Gasteiger partial charge in [-0.1, -0.05) is 12.1 Å². The van der Waals surface area contributed by atoms with Crippen molar-refractivity contribution in [1.82, 2.24) is 10.2 Å². The zero-order valence-corrected chi connectivity index (χ0v) is 11.9. The number of piperazine rings is 1. The van der Waals surface area contributed by atoms with Crippen molar-refractivity contribution in [1.29, 1.82) is 0 Å². The predicted octanol–water partition coefficient (Wildman–Crippen LogP) is 3.29. The van der Waals surface area contributed by atoms with Gasteiger partial charge >= 0.3 is 6.18 Å². The summed E-state index contributed by atoms with van der Waals surface area (Å²) in [4.78, 5) is 2.14. The topological polar surface area (TPSA) is 28.4 Å². The van der Waals surface area contributed by atoms with Gasteiger partial charge in [0.05, 0.1) is 17.9 Å². The van der Waals surface area contributed by atoms with Gasteiger partial charge in [-0.15, -0.1) is 0 Å². The number of rotatable bonds is 3. The van der Waals surface area contributed by atoms with Gasteiger partial charge in [-0.2, -0.15) is 13.2 Å². The molecule has 0 saturated carbocycles. The lowest BCUT2D eigenvalue weighted by Crippen LogP contribution is -2.45. The van der Waals surface area contributed by atoms with Gasteiger partial charge in [-0.05, 0) is 29.8 Å². The van der Waals surface area contributed by atoms with Gasteiger partial charge in [0, 0.05) is 26.2 Å². The summed E-state index contributed by atoms with van der Waals surface area (Å²) < 4.78 is 44.4. The SMILES string of the molecule is FC(F)(F)c1cccc([C@@H](c2ccco2)N2CCNCC2)c1. The fraction of sp³-hybridized carbons (Fsp3) is 0.375. The van der Waals surface area contributed by atoms with E-state index in [0.717, 1.165) is 32.2 Å². The summed E-state index contributed by atoms with van der Waals surface area (Å²) in [5.41, 5.74) is -0.0247. The Bertz CT molecular complexity index is 604. The molecular weight excluding hydrogens is 293 g/mol. The van der Waals surface area contributed by atoms with E-state index >= 15 is 0 Å². The van der Waals surface area contributed by atoms with Crippen LogP contribution < -0.4 is 5.32 Å². The smallest absolute Gasteiger partial charge is 0.416 e. The average molecular weight is 310 g/mol. The molecule has 3 rings (SSSR count). The minimum atomic E-state index is -4.34. The van der Waals surface area contributed by atoms with E-state index in [1.54, 1.807) is 18.4 Å². The molecule has 0 bridgehead atoms. The Hall–Kier alpha value is -1.79. The highest BCUT2D eigenvalue weighted by Crippen LogP contribution is 2.34. The molecule has 1 saturated heterocycles. The molecule has 1 fully saturated rings. The van der Waals surface area contributed by atoms with Crippen LogP contribution in [0.2, 0.25) is 0 Å². The van der Waals surface area contributed by atoms with Crippen molar-refractivity contribution in [2.45, 2.75) is 12.2 Å². The quantitative estimate of drug-likeness (QED) is 0.943. The van der Waals surface area contributed by atoms with E-state index in [0.29, 0.717) is 11.3 Å². The Morgan fingerprint density at radius 2 is 1.86 bits per heavy atom. The van der Waals surface area contributed by atoms with Crippen LogP contribution in [0.4, 0.5) is 13.2 Å². The maximum atomic E-state index is 13.0. The van der Waals surface area contributed by atoms with Crippen molar-refractivity contribution in [2.24, 2.45) is 0 Å². The van der Waals surface area contributed by atoms with E-state index in [2.05, 4.69) is 10.2 Å². The summed E-state index contributed by atoms with van der Waals surface area (Å²) in [6.07, 6.45) is -2.79. The summed E-state index contributed by atoms with van der Waals surface area (Å²) in [6.45, 7) is 3.16. The molecule has 3 nitrogen and oxygen atoms in total. The van der Waals surface area contributed by atoms with Crippen molar-refractivity contribution in [3.05, 3.63) is 59.5 Å². The van der Waals surface area contributed by atoms with Crippen LogP contribution in [0.3, 0.4) is 0 Å². The van der Waals surface area contributed by atoms with E-state index in [1.807, 2.05) is 6.07 Å². The molecule has 6 heteroatoms. The van der Waals surface area contributed by atoms with Crippen LogP contribution in [-0.2, 0) is 6.18 Å². The number of hydrogen-bond acceptors (Lipinski definition) is 3. The normalized spacial score (nSPS) is 18.3. The molecule has 22 heavy (non-hydrogen) atoms. The fourth-order valence-electron chi connectivity index (χ4n) is 2.83. The maximum Gasteiger partial charge on any atom is 0.416 e. The van der Waals surface area contributed by atoms with Crippen LogP contribution in [0.25, 0.3) is 0 Å². The van der Waals surface area contributed by atoms with E-state index < -0.39 is 11.7 Å². The molecule has 0 radical (unpaired) electrons. The molecule has 2 aromatic rings. The van der Waals surface area contributed by atoms with Crippen LogP contribution in [0.1, 0.15) is 22.9 Å². The van der Waals surface area contributed by atoms with E-state index in [4.69, 9.17) is 4.42 Å². The summed E-state index contributed by atoms with van der Waals surface area (Å²) in [5.74, 6) is 0.668. The van der Waals surface area contributed by atoms with E-state index in [9.17, 15) is 13.2 Å². The first-order valence-corrected chi connectivity index (χ1v) is 7.21. The third kappa shape index (κ3) is 3.18. The lowest BCUT2D eigenvalue weighted by Gasteiger charge is -2.34. The Morgan fingerprint density at radius 1 is 1.09 bits per heavy atom. The fourth-order valence-corrected chi connectivity index (χ4v) is 2.83. The lowest BCUT2D eigenvalue weighted by molar-refractivity contribution is -0.137. The molecule has 1 aliphatic rings. The summed E-state index contributed by atoms with van der Waals surface area (Å²) in [7, 11) is 0. The molecule has 0 aliphatic carbocycles. The van der Waals surface area contributed by atoms with Gasteiger partial charge < -0.3 is 9.73 Å². The number of furan rings is 1. The zero-order valence-electron chi connectivity index (χ0n) is 11.9. The molecule has 1 aromatic carbocycles. The van der Waals surface area contributed by atoms with Crippen molar-refractivity contribution in [3.63, 3.8) is 0 Å². The highest BCUT2D eigenvalue weighted by Gasteiger charge is 2.32. The molecular formula is C16H17F3N2O. The minimum absolute atomic E-state index is 0.292. The Kier molecular flexibility index (Phi) is 4.22. The van der Waals surface area contributed by atoms with Gasteiger partial charge in [0.15, 0.2) is 0 Å². The molecule has 1 N–H and O–H groups in total. The Balaban J connectivity index is 1.99. The van der Waals surface area contributed by atoms with Crippen LogP contribution >= 0.6 is 0 Å². The number of alkyl halides is 3. The average Bonchev–Trinajstić information content (AvgIpc) is 3.02. The van der Waals surface area contributed by atoms with Gasteiger partial charge in [0.25, 0.3) is 0 Å². The van der Waals surface area contributed by atoms with E-state index in [1.165, 1.54) is 12.1 Å². The molecule has 118 valence electrons. The summed E-state index contributed by atoms with van der Waals surface area (Å²) in [6, 6.07) is 8.78. The molecule has 0 spiro atoms. The number of nitrogens with one attached hydrogen (secondary N) is 1. The minimum Gasteiger partial charge on any atom is -0.467 e. The van der Waals surface area contributed by atoms with Gasteiger partial charge in [0.1, 0.15) is 5.76 Å².